The van der Waals surface area contributed by atoms with E-state index in [0.717, 1.165) is 116 Å². The van der Waals surface area contributed by atoms with Gasteiger partial charge in [-0.25, -0.2) is 0 Å². The zero-order valence-electron chi connectivity index (χ0n) is 44.4. The van der Waals surface area contributed by atoms with Crippen LogP contribution in [0.1, 0.15) is 336 Å². The quantitative estimate of drug-likeness (QED) is 0.0572. The third-order valence-corrected chi connectivity index (χ3v) is 14.0. The minimum absolute atomic E-state index is 0.391. The van der Waals surface area contributed by atoms with E-state index in [0.29, 0.717) is 30.4 Å². The van der Waals surface area contributed by atoms with E-state index in [1.807, 2.05) is 0 Å². The van der Waals surface area contributed by atoms with Gasteiger partial charge in [0, 0.05) is 51.9 Å². The summed E-state index contributed by atoms with van der Waals surface area (Å²) in [4.78, 5) is 43.5. The van der Waals surface area contributed by atoms with Crippen molar-refractivity contribution in [3.63, 3.8) is 0 Å². The van der Waals surface area contributed by atoms with Crippen molar-refractivity contribution in [2.75, 3.05) is 26.2 Å². The third kappa shape index (κ3) is 45.8. The SMILES string of the molecule is CCCCCCCCCCN(CCCCCCCCCC)C(=O)CCCCCCCCC(=O)CCCCCCCCC(=O)N(CCCCCCCCCC)CCCCCCCCCC. The second kappa shape index (κ2) is 52.6. The molecule has 5 nitrogen and oxygen atoms in total. The first kappa shape index (κ1) is 62.6. The van der Waals surface area contributed by atoms with Gasteiger partial charge in [-0.05, 0) is 51.4 Å². The first-order valence-electron chi connectivity index (χ1n) is 29.6. The topological polar surface area (TPSA) is 57.7 Å². The lowest BCUT2D eigenvalue weighted by atomic mass is 10.0. The molecule has 0 fully saturated rings. The number of Topliss-reactive ketones (excluding diaryl/α,β-unsaturated/α-hetero) is 1. The van der Waals surface area contributed by atoms with Crippen LogP contribution in [0.5, 0.6) is 0 Å². The van der Waals surface area contributed by atoms with Crippen LogP contribution in [0.4, 0.5) is 0 Å². The second-order valence-electron chi connectivity index (χ2n) is 20.4. The van der Waals surface area contributed by atoms with Gasteiger partial charge in [-0.3, -0.25) is 14.4 Å². The summed E-state index contributed by atoms with van der Waals surface area (Å²) in [5, 5.41) is 0. The van der Waals surface area contributed by atoms with Gasteiger partial charge in [0.15, 0.2) is 0 Å². The lowest BCUT2D eigenvalue weighted by Gasteiger charge is -2.23. The van der Waals surface area contributed by atoms with Crippen molar-refractivity contribution < 1.29 is 14.4 Å². The van der Waals surface area contributed by atoms with Gasteiger partial charge >= 0.3 is 0 Å². The molecule has 0 spiro atoms. The van der Waals surface area contributed by atoms with Gasteiger partial charge in [0.2, 0.25) is 11.8 Å². The van der Waals surface area contributed by atoms with Crippen LogP contribution in [-0.2, 0) is 14.4 Å². The molecule has 0 saturated carbocycles. The molecule has 5 heteroatoms. The maximum absolute atomic E-state index is 13.3. The predicted molar refractivity (Wildman–Crippen MR) is 282 cm³/mol. The zero-order chi connectivity index (χ0) is 46.7. The van der Waals surface area contributed by atoms with Crippen molar-refractivity contribution in [2.24, 2.45) is 0 Å². The molecule has 0 heterocycles. The minimum atomic E-state index is 0.391. The lowest BCUT2D eigenvalue weighted by Crippen LogP contribution is -2.32. The third-order valence-electron chi connectivity index (χ3n) is 14.0. The maximum atomic E-state index is 13.3. The van der Waals surface area contributed by atoms with Gasteiger partial charge in [0.25, 0.3) is 0 Å². The van der Waals surface area contributed by atoms with Crippen LogP contribution >= 0.6 is 0 Å². The van der Waals surface area contributed by atoms with E-state index in [2.05, 4.69) is 37.5 Å². The van der Waals surface area contributed by atoms with Crippen LogP contribution in [0.3, 0.4) is 0 Å². The van der Waals surface area contributed by atoms with Crippen LogP contribution in [0.15, 0.2) is 0 Å². The molecule has 380 valence electrons. The van der Waals surface area contributed by atoms with Crippen molar-refractivity contribution in [3.05, 3.63) is 0 Å². The Morgan fingerprint density at radius 3 is 0.609 bits per heavy atom. The number of amides is 2. The van der Waals surface area contributed by atoms with Crippen molar-refractivity contribution >= 4 is 17.6 Å². The largest absolute Gasteiger partial charge is 0.343 e. The summed E-state index contributed by atoms with van der Waals surface area (Å²) in [6, 6.07) is 0. The molecule has 2 amide bonds. The molecule has 0 atom stereocenters. The highest BCUT2D eigenvalue weighted by Gasteiger charge is 2.14. The zero-order valence-corrected chi connectivity index (χ0v) is 44.4. The molecular weight excluding hydrogens is 785 g/mol. The van der Waals surface area contributed by atoms with Crippen LogP contribution in [0.25, 0.3) is 0 Å². The summed E-state index contributed by atoms with van der Waals surface area (Å²) in [6.45, 7) is 13.0. The van der Waals surface area contributed by atoms with Crippen molar-refractivity contribution in [2.45, 2.75) is 336 Å². The number of carbonyl (C=O) groups is 3. The van der Waals surface area contributed by atoms with Crippen LogP contribution in [-0.4, -0.2) is 53.6 Å². The summed E-state index contributed by atoms with van der Waals surface area (Å²) >= 11 is 0. The molecule has 0 aliphatic carbocycles. The highest BCUT2D eigenvalue weighted by molar-refractivity contribution is 5.78. The lowest BCUT2D eigenvalue weighted by molar-refractivity contribution is -0.132. The highest BCUT2D eigenvalue weighted by Crippen LogP contribution is 2.17. The standard InChI is InChI=1S/C59H116N2O3/c1-5-9-13-17-21-29-37-45-53-60(54-46-38-30-22-18-14-10-6-2)58(63)51-43-35-27-25-33-41-49-57(62)50-42-34-26-28-36-44-52-59(64)61(55-47-39-31-23-19-15-11-7-3)56-48-40-32-24-20-16-12-8-4/h5-56H2,1-4H3. The van der Waals surface area contributed by atoms with Crippen molar-refractivity contribution in [3.8, 4) is 0 Å². The smallest absolute Gasteiger partial charge is 0.222 e. The Labute approximate surface area is 402 Å². The van der Waals surface area contributed by atoms with Gasteiger partial charge in [0.1, 0.15) is 5.78 Å². The van der Waals surface area contributed by atoms with Crippen LogP contribution in [0, 0.1) is 0 Å². The predicted octanol–water partition coefficient (Wildman–Crippen LogP) is 19.0. The Kier molecular flexibility index (Phi) is 51.4. The van der Waals surface area contributed by atoms with Gasteiger partial charge in [-0.1, -0.05) is 259 Å². The summed E-state index contributed by atoms with van der Waals surface area (Å²) in [5.74, 6) is 1.22. The maximum Gasteiger partial charge on any atom is 0.222 e. The Balaban J connectivity index is 4.15. The normalized spacial score (nSPS) is 11.4. The van der Waals surface area contributed by atoms with Crippen LogP contribution < -0.4 is 0 Å². The van der Waals surface area contributed by atoms with E-state index in [9.17, 15) is 14.4 Å². The summed E-state index contributed by atoms with van der Waals surface area (Å²) in [6.07, 6.45) is 58.3. The number of rotatable bonds is 54. The van der Waals surface area contributed by atoms with Gasteiger partial charge < -0.3 is 9.80 Å². The molecule has 0 saturated heterocycles. The molecule has 0 aromatic heterocycles. The van der Waals surface area contributed by atoms with E-state index < -0.39 is 0 Å². The van der Waals surface area contributed by atoms with Gasteiger partial charge in [-0.2, -0.15) is 0 Å². The molecule has 0 N–H and O–H groups in total. The number of hydrogen-bond acceptors (Lipinski definition) is 3. The van der Waals surface area contributed by atoms with E-state index >= 15 is 0 Å². The van der Waals surface area contributed by atoms with Crippen molar-refractivity contribution in [1.82, 2.24) is 9.80 Å². The average molecular weight is 902 g/mol. The van der Waals surface area contributed by atoms with Gasteiger partial charge in [-0.15, -0.1) is 0 Å². The van der Waals surface area contributed by atoms with Gasteiger partial charge in [0.05, 0.1) is 0 Å². The number of carbonyl (C=O) groups excluding carboxylic acids is 3. The molecule has 0 rings (SSSR count). The average Bonchev–Trinajstić information content (AvgIpc) is 3.29. The van der Waals surface area contributed by atoms with Crippen LogP contribution in [0.2, 0.25) is 0 Å². The van der Waals surface area contributed by atoms with Crippen molar-refractivity contribution in [1.29, 1.82) is 0 Å². The Morgan fingerprint density at radius 2 is 0.391 bits per heavy atom. The van der Waals surface area contributed by atoms with E-state index in [-0.39, 0.29) is 0 Å². The van der Waals surface area contributed by atoms with E-state index in [1.165, 1.54) is 205 Å². The Bertz CT molecular complexity index is 854. The molecule has 0 radical (unpaired) electrons. The van der Waals surface area contributed by atoms with E-state index in [1.54, 1.807) is 0 Å². The fourth-order valence-electron chi connectivity index (χ4n) is 9.52. The monoisotopic (exact) mass is 901 g/mol. The fourth-order valence-corrected chi connectivity index (χ4v) is 9.52. The first-order chi connectivity index (χ1) is 31.5. The fraction of sp³-hybridized carbons (Fsp3) is 0.949. The molecular formula is C59H116N2O3. The Morgan fingerprint density at radius 1 is 0.219 bits per heavy atom. The van der Waals surface area contributed by atoms with E-state index in [4.69, 9.17) is 0 Å². The number of unbranched alkanes of at least 4 members (excludes halogenated alkanes) is 38. The molecule has 0 bridgehead atoms. The molecule has 0 unspecified atom stereocenters. The highest BCUT2D eigenvalue weighted by atomic mass is 16.2. The summed E-state index contributed by atoms with van der Waals surface area (Å²) < 4.78 is 0. The first-order valence-corrected chi connectivity index (χ1v) is 29.6. The number of ketones is 1. The number of nitrogens with zero attached hydrogens (tertiary/aromatic N) is 2. The minimum Gasteiger partial charge on any atom is -0.343 e. The summed E-state index contributed by atoms with van der Waals surface area (Å²) in [7, 11) is 0. The molecule has 0 aliphatic rings. The second-order valence-corrected chi connectivity index (χ2v) is 20.4. The molecule has 0 aromatic carbocycles. The molecule has 0 aromatic rings. The summed E-state index contributed by atoms with van der Waals surface area (Å²) in [5.41, 5.74) is 0. The number of hydrogen-bond donors (Lipinski definition) is 0. The molecule has 0 aliphatic heterocycles. The molecule has 64 heavy (non-hydrogen) atoms. The Hall–Kier alpha value is -1.39.